The maximum absolute atomic E-state index is 11.9. The highest BCUT2D eigenvalue weighted by Crippen LogP contribution is 2.21. The molecule has 0 heterocycles. The number of nitrogens with zero attached hydrogens (tertiary/aromatic N) is 1. The molecule has 14 heavy (non-hydrogen) atoms. The van der Waals surface area contributed by atoms with Crippen molar-refractivity contribution in [2.45, 2.75) is 31.5 Å². The summed E-state index contributed by atoms with van der Waals surface area (Å²) < 4.78 is 35.6. The van der Waals surface area contributed by atoms with Crippen LogP contribution in [0.5, 0.6) is 0 Å². The lowest BCUT2D eigenvalue weighted by molar-refractivity contribution is -0.135. The van der Waals surface area contributed by atoms with Gasteiger partial charge in [-0.1, -0.05) is 0 Å². The van der Waals surface area contributed by atoms with Crippen LogP contribution in [0.2, 0.25) is 0 Å². The molecule has 0 spiro atoms. The number of halogens is 3. The topological polar surface area (TPSA) is 15.3 Å². The van der Waals surface area contributed by atoms with Crippen LogP contribution in [0.3, 0.4) is 0 Å². The Morgan fingerprint density at radius 3 is 2.50 bits per heavy atom. The molecule has 1 N–H and O–H groups in total. The minimum absolute atomic E-state index is 0.0813. The Labute approximate surface area is 86.5 Å². The van der Waals surface area contributed by atoms with Crippen LogP contribution in [-0.4, -0.2) is 35.8 Å². The van der Waals surface area contributed by atoms with Gasteiger partial charge in [0.1, 0.15) is 0 Å². The van der Waals surface area contributed by atoms with Crippen LogP contribution in [0.25, 0.3) is 0 Å². The molecule has 0 amide bonds. The molecule has 1 saturated carbocycles. The third kappa shape index (κ3) is 4.64. The van der Waals surface area contributed by atoms with Crippen molar-refractivity contribution in [3.05, 3.63) is 0 Å². The average Bonchev–Trinajstić information content (AvgIpc) is 2.82. The van der Waals surface area contributed by atoms with Crippen molar-refractivity contribution in [2.24, 2.45) is 0 Å². The first kappa shape index (κ1) is 11.6. The second kappa shape index (κ2) is 4.33. The standard InChI is InChI=1S/C8H13F3N2S/c1-13(5-4-8(9,10)11)7(14)12-6-2-3-6/h6H,2-5H2,1H3,(H,12,14). The molecule has 0 aromatic heterocycles. The molecule has 0 bridgehead atoms. The summed E-state index contributed by atoms with van der Waals surface area (Å²) in [5.74, 6) is 0. The van der Waals surface area contributed by atoms with E-state index in [2.05, 4.69) is 5.32 Å². The Morgan fingerprint density at radius 1 is 1.50 bits per heavy atom. The Kier molecular flexibility index (Phi) is 3.58. The van der Waals surface area contributed by atoms with Crippen molar-refractivity contribution in [3.63, 3.8) is 0 Å². The quantitative estimate of drug-likeness (QED) is 0.740. The first-order valence-corrected chi connectivity index (χ1v) is 4.88. The molecule has 82 valence electrons. The Balaban J connectivity index is 2.19. The van der Waals surface area contributed by atoms with Gasteiger partial charge in [0, 0.05) is 19.6 Å². The van der Waals surface area contributed by atoms with Gasteiger partial charge in [0.2, 0.25) is 0 Å². The second-order valence-corrected chi connectivity index (χ2v) is 3.90. The van der Waals surface area contributed by atoms with Crippen LogP contribution in [0.15, 0.2) is 0 Å². The highest BCUT2D eigenvalue weighted by molar-refractivity contribution is 7.80. The van der Waals surface area contributed by atoms with E-state index in [-0.39, 0.29) is 6.54 Å². The van der Waals surface area contributed by atoms with Crippen LogP contribution in [0.4, 0.5) is 13.2 Å². The van der Waals surface area contributed by atoms with E-state index in [0.717, 1.165) is 12.8 Å². The zero-order chi connectivity index (χ0) is 10.8. The molecule has 1 fully saturated rings. The molecule has 0 atom stereocenters. The normalized spacial score (nSPS) is 16.6. The van der Waals surface area contributed by atoms with Gasteiger partial charge < -0.3 is 10.2 Å². The van der Waals surface area contributed by atoms with Crippen LogP contribution < -0.4 is 5.32 Å². The fourth-order valence-electron chi connectivity index (χ4n) is 0.909. The van der Waals surface area contributed by atoms with E-state index in [1.54, 1.807) is 7.05 Å². The summed E-state index contributed by atoms with van der Waals surface area (Å²) >= 11 is 4.93. The van der Waals surface area contributed by atoms with E-state index >= 15 is 0 Å². The molecule has 1 aliphatic carbocycles. The SMILES string of the molecule is CN(CCC(F)(F)F)C(=S)NC1CC1. The van der Waals surface area contributed by atoms with Gasteiger partial charge >= 0.3 is 6.18 Å². The molecule has 0 unspecified atom stereocenters. The summed E-state index contributed by atoms with van der Waals surface area (Å²) in [4.78, 5) is 1.43. The summed E-state index contributed by atoms with van der Waals surface area (Å²) in [5.41, 5.74) is 0. The van der Waals surface area contributed by atoms with Crippen molar-refractivity contribution in [3.8, 4) is 0 Å². The van der Waals surface area contributed by atoms with E-state index < -0.39 is 12.6 Å². The van der Waals surface area contributed by atoms with Crippen LogP contribution in [0, 0.1) is 0 Å². The third-order valence-corrected chi connectivity index (χ3v) is 2.41. The molecule has 1 aliphatic rings. The van der Waals surface area contributed by atoms with Gasteiger partial charge in [-0.2, -0.15) is 13.2 Å². The molecule has 0 aromatic rings. The zero-order valence-electron chi connectivity index (χ0n) is 7.90. The summed E-state index contributed by atoms with van der Waals surface area (Å²) in [5, 5.41) is 3.39. The molecular weight excluding hydrogens is 213 g/mol. The molecule has 6 heteroatoms. The molecule has 0 radical (unpaired) electrons. The summed E-state index contributed by atoms with van der Waals surface area (Å²) in [6, 6.07) is 0.385. The minimum atomic E-state index is -4.11. The highest BCUT2D eigenvalue weighted by Gasteiger charge is 2.28. The summed E-state index contributed by atoms with van der Waals surface area (Å²) in [6.07, 6.45) is -2.81. The van der Waals surface area contributed by atoms with E-state index in [1.165, 1.54) is 4.90 Å². The van der Waals surface area contributed by atoms with Crippen LogP contribution in [0.1, 0.15) is 19.3 Å². The molecule has 0 aromatic carbocycles. The molecule has 2 nitrogen and oxygen atoms in total. The van der Waals surface area contributed by atoms with Gasteiger partial charge in [-0.05, 0) is 25.1 Å². The first-order valence-electron chi connectivity index (χ1n) is 4.47. The van der Waals surface area contributed by atoms with Gasteiger partial charge in [-0.3, -0.25) is 0 Å². The van der Waals surface area contributed by atoms with Crippen LogP contribution >= 0.6 is 12.2 Å². The van der Waals surface area contributed by atoms with Crippen molar-refractivity contribution >= 4 is 17.3 Å². The maximum atomic E-state index is 11.9. The number of alkyl halides is 3. The van der Waals surface area contributed by atoms with Crippen molar-refractivity contribution in [1.82, 2.24) is 10.2 Å². The number of rotatable bonds is 3. The van der Waals surface area contributed by atoms with E-state index in [1.807, 2.05) is 0 Å². The minimum Gasteiger partial charge on any atom is -0.360 e. The van der Waals surface area contributed by atoms with Crippen molar-refractivity contribution in [1.29, 1.82) is 0 Å². The molecular formula is C8H13F3N2S. The Morgan fingerprint density at radius 2 is 2.07 bits per heavy atom. The average molecular weight is 226 g/mol. The van der Waals surface area contributed by atoms with E-state index in [4.69, 9.17) is 12.2 Å². The van der Waals surface area contributed by atoms with Gasteiger partial charge in [-0.15, -0.1) is 0 Å². The van der Waals surface area contributed by atoms with Crippen molar-refractivity contribution < 1.29 is 13.2 Å². The summed E-state index contributed by atoms with van der Waals surface area (Å²) in [6.45, 7) is -0.0813. The zero-order valence-corrected chi connectivity index (χ0v) is 8.71. The fourth-order valence-corrected chi connectivity index (χ4v) is 1.17. The Hall–Kier alpha value is -0.520. The van der Waals surface area contributed by atoms with E-state index in [0.29, 0.717) is 11.2 Å². The molecule has 0 saturated heterocycles. The van der Waals surface area contributed by atoms with Crippen LogP contribution in [-0.2, 0) is 0 Å². The second-order valence-electron chi connectivity index (χ2n) is 3.51. The van der Waals surface area contributed by atoms with Gasteiger partial charge in [0.05, 0.1) is 6.42 Å². The smallest absolute Gasteiger partial charge is 0.360 e. The lowest BCUT2D eigenvalue weighted by atomic mass is 10.4. The highest BCUT2D eigenvalue weighted by atomic mass is 32.1. The monoisotopic (exact) mass is 226 g/mol. The van der Waals surface area contributed by atoms with Crippen molar-refractivity contribution in [2.75, 3.05) is 13.6 Å². The first-order chi connectivity index (χ1) is 6.38. The largest absolute Gasteiger partial charge is 0.390 e. The molecule has 1 rings (SSSR count). The van der Waals surface area contributed by atoms with E-state index in [9.17, 15) is 13.2 Å². The number of nitrogens with one attached hydrogen (secondary N) is 1. The lowest BCUT2D eigenvalue weighted by Crippen LogP contribution is -2.39. The lowest BCUT2D eigenvalue weighted by Gasteiger charge is -2.21. The predicted octanol–water partition coefficient (Wildman–Crippen LogP) is 1.91. The number of hydrogen-bond acceptors (Lipinski definition) is 1. The number of hydrogen-bond donors (Lipinski definition) is 1. The number of thiocarbonyl (C=S) groups is 1. The van der Waals surface area contributed by atoms with Gasteiger partial charge in [0.25, 0.3) is 0 Å². The van der Waals surface area contributed by atoms with Gasteiger partial charge in [0.15, 0.2) is 5.11 Å². The molecule has 0 aliphatic heterocycles. The fraction of sp³-hybridized carbons (Fsp3) is 0.875. The maximum Gasteiger partial charge on any atom is 0.390 e. The summed E-state index contributed by atoms with van der Waals surface area (Å²) in [7, 11) is 1.57. The predicted molar refractivity (Wildman–Crippen MR) is 52.1 cm³/mol. The third-order valence-electron chi connectivity index (χ3n) is 1.98. The van der Waals surface area contributed by atoms with Gasteiger partial charge in [-0.25, -0.2) is 0 Å². The Bertz CT molecular complexity index is 213.